The van der Waals surface area contributed by atoms with Gasteiger partial charge in [0.05, 0.1) is 18.1 Å². The van der Waals surface area contributed by atoms with Crippen LogP contribution in [0.1, 0.15) is 24.8 Å². The van der Waals surface area contributed by atoms with E-state index in [4.69, 9.17) is 42.9 Å². The molecule has 1 aliphatic heterocycles. The number of benzene rings is 1. The van der Waals surface area contributed by atoms with E-state index in [1.807, 2.05) is 6.92 Å². The number of hydrogen-bond donors (Lipinski definition) is 0. The van der Waals surface area contributed by atoms with Gasteiger partial charge in [0.1, 0.15) is 0 Å². The van der Waals surface area contributed by atoms with E-state index in [0.717, 1.165) is 24.7 Å². The lowest BCUT2D eigenvalue weighted by Gasteiger charge is -2.25. The van der Waals surface area contributed by atoms with Crippen molar-refractivity contribution in [3.63, 3.8) is 0 Å². The van der Waals surface area contributed by atoms with E-state index in [1.54, 1.807) is 24.3 Å². The van der Waals surface area contributed by atoms with Gasteiger partial charge in [-0.2, -0.15) is 8.42 Å². The van der Waals surface area contributed by atoms with Gasteiger partial charge in [-0.15, -0.1) is 0 Å². The highest BCUT2D eigenvalue weighted by molar-refractivity contribution is 8.01. The maximum absolute atomic E-state index is 12.1. The number of hydrogen-bond acceptors (Lipinski definition) is 3. The van der Waals surface area contributed by atoms with Crippen LogP contribution in [0, 0.1) is 6.92 Å². The van der Waals surface area contributed by atoms with E-state index in [2.05, 4.69) is 0 Å². The minimum atomic E-state index is -3.70. The van der Waals surface area contributed by atoms with Crippen molar-refractivity contribution in [3.8, 4) is 0 Å². The smallest absolute Gasteiger partial charge is 0.266 e. The third kappa shape index (κ3) is 6.66. The van der Waals surface area contributed by atoms with Crippen molar-refractivity contribution in [1.29, 1.82) is 0 Å². The average molecular weight is 362 g/mol. The maximum atomic E-state index is 12.1. The van der Waals surface area contributed by atoms with Gasteiger partial charge in [0.15, 0.2) is 0 Å². The Bertz CT molecular complexity index is 699. The zero-order chi connectivity index (χ0) is 20.2. The van der Waals surface area contributed by atoms with Crippen molar-refractivity contribution in [3.05, 3.63) is 29.8 Å². The summed E-state index contributed by atoms with van der Waals surface area (Å²) in [5, 5.41) is 0. The molecule has 0 saturated carbocycles. The molecule has 0 bridgehead atoms. The molecule has 27 heavy (non-hydrogen) atoms. The number of aryl methyl sites for hydroxylation is 1. The predicted octanol–water partition coefficient (Wildman–Crippen LogP) is -0.632. The molecule has 14 heteroatoms. The molecule has 0 aliphatic carbocycles. The molecular formula is C13H18B10O3S. The van der Waals surface area contributed by atoms with Crippen LogP contribution >= 0.6 is 0 Å². The zero-order valence-corrected chi connectivity index (χ0v) is 16.6. The van der Waals surface area contributed by atoms with Crippen LogP contribution in [0.4, 0.5) is 0 Å². The van der Waals surface area contributed by atoms with Gasteiger partial charge in [-0.25, -0.2) is 0 Å². The first-order valence-electron chi connectivity index (χ1n) is 9.37. The molecule has 1 saturated heterocycles. The molecule has 3 nitrogen and oxygen atoms in total. The predicted molar refractivity (Wildman–Crippen MR) is 124 cm³/mol. The van der Waals surface area contributed by atoms with E-state index in [-0.39, 0.29) is 17.9 Å². The van der Waals surface area contributed by atoms with Crippen molar-refractivity contribution >= 4 is 80.9 Å². The van der Waals surface area contributed by atoms with Crippen molar-refractivity contribution in [2.75, 3.05) is 6.61 Å². The van der Waals surface area contributed by atoms with Crippen LogP contribution in [0.2, 0.25) is 12.1 Å². The second kappa shape index (κ2) is 10.0. The molecular weight excluding hydrogens is 344 g/mol. The fraction of sp³-hybridized carbons (Fsp3) is 0.538. The Hall–Kier alpha value is -0.221. The highest BCUT2D eigenvalue weighted by atomic mass is 32.2. The molecule has 0 N–H and O–H groups in total. The minimum absolute atomic E-state index is 0.104. The summed E-state index contributed by atoms with van der Waals surface area (Å²) in [6.45, 7) is 2.39. The highest BCUT2D eigenvalue weighted by Crippen LogP contribution is 2.43. The summed E-state index contributed by atoms with van der Waals surface area (Å²) in [6, 6.07) is 6.61. The first-order chi connectivity index (χ1) is 12.6. The SMILES string of the molecule is [B]B([B])B([B])B(B([B])[B])B1CC1CCCCOS(=O)(=O)c1ccc(C)cc1. The third-order valence-corrected chi connectivity index (χ3v) is 6.65. The monoisotopic (exact) mass is 364 g/mol. The zero-order valence-electron chi connectivity index (χ0n) is 15.8. The Balaban J connectivity index is 1.71. The molecule has 0 amide bonds. The topological polar surface area (TPSA) is 43.4 Å². The summed E-state index contributed by atoms with van der Waals surface area (Å²) in [7, 11) is 25.5. The standard InChI is InChI=1S/C13H18B10O3S/c1-11-5-7-13(8-6-11)27(24,25)26-9-3-2-4-12-10-19(12)23(21(16)17)22(18)20(14)15/h5-8,12H,2-4,9-10H2,1H3. The molecule has 1 aliphatic rings. The van der Waals surface area contributed by atoms with Crippen LogP contribution < -0.4 is 0 Å². The lowest BCUT2D eigenvalue weighted by molar-refractivity contribution is 0.307. The van der Waals surface area contributed by atoms with E-state index in [9.17, 15) is 8.42 Å². The Morgan fingerprint density at radius 3 is 2.26 bits per heavy atom. The summed E-state index contributed by atoms with van der Waals surface area (Å²) in [6.07, 6.45) is 1.75. The van der Waals surface area contributed by atoms with Gasteiger partial charge in [0, 0.05) is 64.2 Å². The minimum Gasteiger partial charge on any atom is -0.266 e. The largest absolute Gasteiger partial charge is 0.296 e. The summed E-state index contributed by atoms with van der Waals surface area (Å²) in [5.74, 6) is 0.475. The molecule has 2 rings (SSSR count). The van der Waals surface area contributed by atoms with Crippen molar-refractivity contribution < 1.29 is 12.6 Å². The van der Waals surface area contributed by atoms with Gasteiger partial charge in [0.2, 0.25) is 0 Å². The average Bonchev–Trinajstić information content (AvgIpc) is 3.33. The van der Waals surface area contributed by atoms with E-state index in [0.29, 0.717) is 18.8 Å². The van der Waals surface area contributed by atoms with E-state index in [1.165, 1.54) is 0 Å². The molecule has 0 aromatic heterocycles. The Morgan fingerprint density at radius 2 is 1.70 bits per heavy atom. The van der Waals surface area contributed by atoms with Gasteiger partial charge >= 0.3 is 0 Å². The van der Waals surface area contributed by atoms with Crippen molar-refractivity contribution in [1.82, 2.24) is 0 Å². The lowest BCUT2D eigenvalue weighted by Crippen LogP contribution is -2.63. The summed E-state index contributed by atoms with van der Waals surface area (Å²) in [5.41, 5.74) is 0.999. The van der Waals surface area contributed by atoms with Crippen LogP contribution in [-0.4, -0.2) is 85.9 Å². The molecule has 0 spiro atoms. The fourth-order valence-electron chi connectivity index (χ4n) is 3.61. The number of unbranched alkanes of at least 4 members (excludes halogenated alkanes) is 1. The Kier molecular flexibility index (Phi) is 8.54. The second-order valence-electron chi connectivity index (χ2n) is 7.55. The first-order valence-corrected chi connectivity index (χ1v) is 10.8. The van der Waals surface area contributed by atoms with E-state index >= 15 is 0 Å². The van der Waals surface area contributed by atoms with Crippen molar-refractivity contribution in [2.24, 2.45) is 0 Å². The van der Waals surface area contributed by atoms with Gasteiger partial charge in [-0.1, -0.05) is 42.7 Å². The molecule has 1 heterocycles. The van der Waals surface area contributed by atoms with Gasteiger partial charge in [-0.05, 0) is 25.5 Å². The van der Waals surface area contributed by atoms with Crippen molar-refractivity contribution in [2.45, 2.75) is 43.2 Å². The highest BCUT2D eigenvalue weighted by Gasteiger charge is 2.49. The fourth-order valence-corrected chi connectivity index (χ4v) is 4.55. The van der Waals surface area contributed by atoms with Gasteiger partial charge in [-0.3, -0.25) is 4.18 Å². The molecule has 1 aromatic carbocycles. The van der Waals surface area contributed by atoms with Crippen LogP contribution in [0.15, 0.2) is 29.2 Å². The summed E-state index contributed by atoms with van der Waals surface area (Å²) < 4.78 is 29.4. The lowest BCUT2D eigenvalue weighted by atomic mass is 8.57. The second-order valence-corrected chi connectivity index (χ2v) is 9.17. The molecule has 1 atom stereocenters. The quantitative estimate of drug-likeness (QED) is 0.299. The van der Waals surface area contributed by atoms with Gasteiger partial charge < -0.3 is 0 Å². The van der Waals surface area contributed by atoms with E-state index < -0.39 is 29.3 Å². The van der Waals surface area contributed by atoms with Gasteiger partial charge in [0.25, 0.3) is 10.1 Å². The molecule has 10 radical (unpaired) electrons. The van der Waals surface area contributed by atoms with Crippen LogP contribution in [0.5, 0.6) is 0 Å². The number of rotatable bonds is 11. The maximum Gasteiger partial charge on any atom is 0.296 e. The summed E-state index contributed by atoms with van der Waals surface area (Å²) >= 11 is 0. The molecule has 1 aromatic rings. The molecule has 1 unspecified atom stereocenters. The molecule has 1 fully saturated rings. The van der Waals surface area contributed by atoms with Crippen LogP contribution in [0.25, 0.3) is 0 Å². The Morgan fingerprint density at radius 1 is 1.07 bits per heavy atom. The first kappa shape index (κ1) is 23.1. The van der Waals surface area contributed by atoms with Crippen LogP contribution in [0.3, 0.4) is 0 Å². The van der Waals surface area contributed by atoms with Crippen LogP contribution in [-0.2, 0) is 14.3 Å². The Labute approximate surface area is 173 Å². The third-order valence-electron chi connectivity index (χ3n) is 5.32. The molecule has 124 valence electrons. The summed E-state index contributed by atoms with van der Waals surface area (Å²) in [4.78, 5) is 0.183. The normalized spacial score (nSPS) is 16.0.